The van der Waals surface area contributed by atoms with Gasteiger partial charge >= 0.3 is 0 Å². The number of nitrogens with two attached hydrogens (primary N) is 1. The van der Waals surface area contributed by atoms with Crippen molar-refractivity contribution in [1.82, 2.24) is 0 Å². The number of fused-ring (bicyclic) bond motifs is 1. The summed E-state index contributed by atoms with van der Waals surface area (Å²) in [4.78, 5) is 0. The third-order valence-electron chi connectivity index (χ3n) is 3.63. The largest absolute Gasteiger partial charge is 0.391 e. The lowest BCUT2D eigenvalue weighted by molar-refractivity contribution is -0.114. The van der Waals surface area contributed by atoms with E-state index in [0.717, 1.165) is 12.8 Å². The van der Waals surface area contributed by atoms with Gasteiger partial charge in [-0.05, 0) is 25.0 Å². The zero-order valence-corrected chi connectivity index (χ0v) is 10.5. The first-order chi connectivity index (χ1) is 8.06. The van der Waals surface area contributed by atoms with Crippen LogP contribution in [-0.4, -0.2) is 29.5 Å². The molecule has 0 spiro atoms. The molecule has 94 valence electrons. The first-order valence-corrected chi connectivity index (χ1v) is 6.19. The minimum Gasteiger partial charge on any atom is -0.391 e. The fraction of sp³-hybridized carbons (Fsp3) is 0.571. The van der Waals surface area contributed by atoms with E-state index < -0.39 is 6.10 Å². The highest BCUT2D eigenvalue weighted by atomic mass is 16.5. The van der Waals surface area contributed by atoms with E-state index >= 15 is 0 Å². The van der Waals surface area contributed by atoms with Crippen molar-refractivity contribution in [3.8, 4) is 0 Å². The van der Waals surface area contributed by atoms with Gasteiger partial charge in [0.2, 0.25) is 0 Å². The van der Waals surface area contributed by atoms with E-state index in [2.05, 4.69) is 12.1 Å². The summed E-state index contributed by atoms with van der Waals surface area (Å²) in [5, 5.41) is 9.54. The smallest absolute Gasteiger partial charge is 0.0889 e. The lowest BCUT2D eigenvalue weighted by Crippen LogP contribution is -2.46. The minimum atomic E-state index is -0.470. The molecule has 0 saturated heterocycles. The van der Waals surface area contributed by atoms with Gasteiger partial charge in [0.05, 0.1) is 17.8 Å². The molecule has 0 bridgehead atoms. The Balaban J connectivity index is 2.15. The Morgan fingerprint density at radius 3 is 2.24 bits per heavy atom. The van der Waals surface area contributed by atoms with Crippen molar-refractivity contribution in [2.75, 3.05) is 6.54 Å². The van der Waals surface area contributed by atoms with Crippen LogP contribution in [0.3, 0.4) is 0 Å². The summed E-state index contributed by atoms with van der Waals surface area (Å²) in [6.45, 7) is 4.13. The van der Waals surface area contributed by atoms with E-state index in [1.807, 2.05) is 19.1 Å². The summed E-state index contributed by atoms with van der Waals surface area (Å²) in [5.41, 5.74) is 8.19. The quantitative estimate of drug-likeness (QED) is 0.826. The fourth-order valence-electron chi connectivity index (χ4n) is 2.43. The molecule has 0 aliphatic heterocycles. The molecule has 3 N–H and O–H groups in total. The fourth-order valence-corrected chi connectivity index (χ4v) is 2.43. The molecule has 0 amide bonds. The summed E-state index contributed by atoms with van der Waals surface area (Å²) in [6, 6.07) is 8.35. The molecule has 0 aromatic heterocycles. The van der Waals surface area contributed by atoms with Crippen LogP contribution in [-0.2, 0) is 17.6 Å². The molecular weight excluding hydrogens is 214 g/mol. The van der Waals surface area contributed by atoms with Gasteiger partial charge in [-0.3, -0.25) is 0 Å². The number of benzene rings is 1. The molecule has 2 atom stereocenters. The van der Waals surface area contributed by atoms with Gasteiger partial charge in [-0.2, -0.15) is 0 Å². The highest BCUT2D eigenvalue weighted by molar-refractivity contribution is 5.35. The van der Waals surface area contributed by atoms with E-state index in [1.165, 1.54) is 11.1 Å². The predicted octanol–water partition coefficient (Wildman–Crippen LogP) is 1.27. The molecule has 0 heterocycles. The van der Waals surface area contributed by atoms with Crippen LogP contribution in [0.25, 0.3) is 0 Å². The Hall–Kier alpha value is -0.900. The average Bonchev–Trinajstić information content (AvgIpc) is 2.67. The van der Waals surface area contributed by atoms with Crippen LogP contribution in [0.15, 0.2) is 24.3 Å². The first kappa shape index (κ1) is 12.6. The third kappa shape index (κ3) is 2.51. The molecule has 3 nitrogen and oxygen atoms in total. The maximum absolute atomic E-state index is 9.54. The van der Waals surface area contributed by atoms with Gasteiger partial charge in [0, 0.05) is 19.4 Å². The van der Waals surface area contributed by atoms with Crippen LogP contribution in [0.1, 0.15) is 25.0 Å². The number of aliphatic hydroxyl groups excluding tert-OH is 1. The van der Waals surface area contributed by atoms with Crippen LogP contribution in [0, 0.1) is 0 Å². The maximum atomic E-state index is 9.54. The van der Waals surface area contributed by atoms with Gasteiger partial charge in [0.1, 0.15) is 0 Å². The number of hydrogen-bond acceptors (Lipinski definition) is 3. The Bertz CT molecular complexity index is 365. The van der Waals surface area contributed by atoms with E-state index in [4.69, 9.17) is 10.5 Å². The lowest BCUT2D eigenvalue weighted by atomic mass is 9.99. The van der Waals surface area contributed by atoms with Crippen molar-refractivity contribution in [2.45, 2.75) is 44.5 Å². The summed E-state index contributed by atoms with van der Waals surface area (Å²) >= 11 is 0. The average molecular weight is 235 g/mol. The van der Waals surface area contributed by atoms with Crippen molar-refractivity contribution in [3.63, 3.8) is 0 Å². The second kappa shape index (κ2) is 4.77. The van der Waals surface area contributed by atoms with Gasteiger partial charge in [0.15, 0.2) is 0 Å². The number of ether oxygens (including phenoxy) is 1. The van der Waals surface area contributed by atoms with Crippen LogP contribution in [0.4, 0.5) is 0 Å². The van der Waals surface area contributed by atoms with Crippen molar-refractivity contribution >= 4 is 0 Å². The molecule has 1 aliphatic rings. The molecule has 0 radical (unpaired) electrons. The summed E-state index contributed by atoms with van der Waals surface area (Å²) < 4.78 is 6.02. The molecule has 1 aromatic rings. The SMILES string of the molecule is CC(O)C(C)OC1(CN)Cc2ccccc2C1. The summed E-state index contributed by atoms with van der Waals surface area (Å²) in [6.07, 6.45) is 1.03. The molecule has 1 aromatic carbocycles. The van der Waals surface area contributed by atoms with E-state index in [0.29, 0.717) is 6.54 Å². The first-order valence-electron chi connectivity index (χ1n) is 6.19. The van der Waals surface area contributed by atoms with Crippen molar-refractivity contribution < 1.29 is 9.84 Å². The van der Waals surface area contributed by atoms with Crippen LogP contribution < -0.4 is 5.73 Å². The highest BCUT2D eigenvalue weighted by Crippen LogP contribution is 2.33. The second-order valence-electron chi connectivity index (χ2n) is 5.07. The molecule has 2 unspecified atom stereocenters. The lowest BCUT2D eigenvalue weighted by Gasteiger charge is -2.32. The predicted molar refractivity (Wildman–Crippen MR) is 67.9 cm³/mol. The maximum Gasteiger partial charge on any atom is 0.0889 e. The third-order valence-corrected chi connectivity index (χ3v) is 3.63. The minimum absolute atomic E-state index is 0.187. The Kier molecular flexibility index (Phi) is 3.52. The normalized spacial score (nSPS) is 20.9. The van der Waals surface area contributed by atoms with Gasteiger partial charge < -0.3 is 15.6 Å². The van der Waals surface area contributed by atoms with Crippen LogP contribution in [0.5, 0.6) is 0 Å². The standard InChI is InChI=1S/C14H21NO2/c1-10(16)11(2)17-14(9-15)7-12-5-3-4-6-13(12)8-14/h3-6,10-11,16H,7-9,15H2,1-2H3. The monoisotopic (exact) mass is 235 g/mol. The molecule has 17 heavy (non-hydrogen) atoms. The molecule has 1 aliphatic carbocycles. The Labute approximate surface area is 103 Å². The van der Waals surface area contributed by atoms with E-state index in [-0.39, 0.29) is 11.7 Å². The molecule has 0 fully saturated rings. The van der Waals surface area contributed by atoms with Gasteiger partial charge in [-0.15, -0.1) is 0 Å². The van der Waals surface area contributed by atoms with Crippen LogP contribution in [0.2, 0.25) is 0 Å². The van der Waals surface area contributed by atoms with Crippen molar-refractivity contribution in [1.29, 1.82) is 0 Å². The summed E-state index contributed by atoms with van der Waals surface area (Å²) in [7, 11) is 0. The zero-order chi connectivity index (χ0) is 12.5. The van der Waals surface area contributed by atoms with Crippen molar-refractivity contribution in [3.05, 3.63) is 35.4 Å². The highest BCUT2D eigenvalue weighted by Gasteiger charge is 2.38. The molecule has 0 saturated carbocycles. The molecule has 2 rings (SSSR count). The molecular formula is C14H21NO2. The number of rotatable bonds is 4. The Morgan fingerprint density at radius 1 is 1.29 bits per heavy atom. The van der Waals surface area contributed by atoms with Gasteiger partial charge in [-0.25, -0.2) is 0 Å². The summed E-state index contributed by atoms with van der Waals surface area (Å²) in [5.74, 6) is 0. The second-order valence-corrected chi connectivity index (χ2v) is 5.07. The molecule has 3 heteroatoms. The zero-order valence-electron chi connectivity index (χ0n) is 10.5. The van der Waals surface area contributed by atoms with E-state index in [1.54, 1.807) is 6.92 Å². The number of hydrogen-bond donors (Lipinski definition) is 2. The van der Waals surface area contributed by atoms with Crippen molar-refractivity contribution in [2.24, 2.45) is 5.73 Å². The Morgan fingerprint density at radius 2 is 1.82 bits per heavy atom. The topological polar surface area (TPSA) is 55.5 Å². The number of aliphatic hydroxyl groups is 1. The van der Waals surface area contributed by atoms with Gasteiger partial charge in [-0.1, -0.05) is 24.3 Å². The van der Waals surface area contributed by atoms with E-state index in [9.17, 15) is 5.11 Å². The van der Waals surface area contributed by atoms with Gasteiger partial charge in [0.25, 0.3) is 0 Å². The van der Waals surface area contributed by atoms with Crippen LogP contribution >= 0.6 is 0 Å².